The smallest absolute Gasteiger partial charge is 0.240 e. The maximum absolute atomic E-state index is 12.9. The second-order valence-corrected chi connectivity index (χ2v) is 9.39. The number of likely N-dealkylation sites (tertiary alicyclic amines) is 1. The first kappa shape index (κ1) is 24.0. The van der Waals surface area contributed by atoms with Gasteiger partial charge in [-0.15, -0.1) is 0 Å². The van der Waals surface area contributed by atoms with Crippen molar-refractivity contribution in [2.75, 3.05) is 39.4 Å². The van der Waals surface area contributed by atoms with E-state index in [1.807, 2.05) is 37.3 Å². The largest absolute Gasteiger partial charge is 0.489 e. The number of azide groups is 1. The Morgan fingerprint density at radius 1 is 1.22 bits per heavy atom. The van der Waals surface area contributed by atoms with Gasteiger partial charge in [-0.3, -0.25) is 4.90 Å². The number of hydrogen-bond donors (Lipinski definition) is 1. The highest BCUT2D eigenvalue weighted by Crippen LogP contribution is 2.23. The van der Waals surface area contributed by atoms with Crippen molar-refractivity contribution < 1.29 is 17.9 Å². The van der Waals surface area contributed by atoms with Gasteiger partial charge in [0.05, 0.1) is 18.1 Å². The Morgan fingerprint density at radius 3 is 2.78 bits per heavy atom. The van der Waals surface area contributed by atoms with E-state index < -0.39 is 10.0 Å². The summed E-state index contributed by atoms with van der Waals surface area (Å²) in [5.74, 6) is 0.667. The first-order valence-electron chi connectivity index (χ1n) is 10.6. The molecule has 1 saturated heterocycles. The maximum atomic E-state index is 12.9. The van der Waals surface area contributed by atoms with Gasteiger partial charge in [0.1, 0.15) is 12.4 Å². The van der Waals surface area contributed by atoms with Gasteiger partial charge in [0, 0.05) is 30.6 Å². The zero-order chi connectivity index (χ0) is 22.8. The molecule has 1 aliphatic heterocycles. The van der Waals surface area contributed by atoms with Crippen molar-refractivity contribution in [1.29, 1.82) is 0 Å². The minimum Gasteiger partial charge on any atom is -0.489 e. The molecule has 0 aromatic heterocycles. The summed E-state index contributed by atoms with van der Waals surface area (Å²) in [6, 6.07) is 14.6. The van der Waals surface area contributed by atoms with Crippen molar-refractivity contribution >= 4 is 10.0 Å². The van der Waals surface area contributed by atoms with Gasteiger partial charge in [0.2, 0.25) is 10.0 Å². The van der Waals surface area contributed by atoms with Crippen LogP contribution in [0.3, 0.4) is 0 Å². The highest BCUT2D eigenvalue weighted by Gasteiger charge is 2.27. The molecule has 1 aliphatic rings. The van der Waals surface area contributed by atoms with Gasteiger partial charge in [-0.25, -0.2) is 13.1 Å². The van der Waals surface area contributed by atoms with Crippen LogP contribution >= 0.6 is 0 Å². The van der Waals surface area contributed by atoms with E-state index in [1.54, 1.807) is 18.2 Å². The SMILES string of the molecule is Cc1cc(S(=O)(=O)N[C@H]2CCN(CCOCCN=[N+]=[N-])C2)ccc1OCc1ccccc1. The lowest BCUT2D eigenvalue weighted by Crippen LogP contribution is -2.37. The van der Waals surface area contributed by atoms with Gasteiger partial charge >= 0.3 is 0 Å². The number of benzene rings is 2. The molecular formula is C22H29N5O4S. The molecule has 1 fully saturated rings. The molecule has 1 heterocycles. The molecule has 10 heteroatoms. The van der Waals surface area contributed by atoms with Gasteiger partial charge in [-0.05, 0) is 54.7 Å². The molecular weight excluding hydrogens is 430 g/mol. The molecule has 9 nitrogen and oxygen atoms in total. The van der Waals surface area contributed by atoms with E-state index in [1.165, 1.54) is 0 Å². The topological polar surface area (TPSA) is 117 Å². The van der Waals surface area contributed by atoms with Crippen molar-refractivity contribution in [1.82, 2.24) is 9.62 Å². The minimum absolute atomic E-state index is 0.141. The first-order valence-corrected chi connectivity index (χ1v) is 12.1. The Bertz CT molecular complexity index is 1030. The summed E-state index contributed by atoms with van der Waals surface area (Å²) in [5, 5.41) is 3.42. The predicted molar refractivity (Wildman–Crippen MR) is 122 cm³/mol. The summed E-state index contributed by atoms with van der Waals surface area (Å²) in [6.07, 6.45) is 0.745. The molecule has 0 unspecified atom stereocenters. The van der Waals surface area contributed by atoms with Crippen molar-refractivity contribution in [3.63, 3.8) is 0 Å². The number of rotatable bonds is 12. The Hall–Kier alpha value is -2.62. The molecule has 1 N–H and O–H groups in total. The third kappa shape index (κ3) is 7.22. The molecule has 32 heavy (non-hydrogen) atoms. The fraction of sp³-hybridized carbons (Fsp3) is 0.455. The van der Waals surface area contributed by atoms with Crippen LogP contribution in [-0.2, 0) is 21.4 Å². The lowest BCUT2D eigenvalue weighted by Gasteiger charge is -2.17. The highest BCUT2D eigenvalue weighted by atomic mass is 32.2. The van der Waals surface area contributed by atoms with Crippen LogP contribution in [0.25, 0.3) is 10.4 Å². The van der Waals surface area contributed by atoms with Crippen molar-refractivity contribution in [3.05, 3.63) is 70.1 Å². The number of sulfonamides is 1. The molecule has 0 saturated carbocycles. The van der Waals surface area contributed by atoms with Crippen LogP contribution in [0.2, 0.25) is 0 Å². The van der Waals surface area contributed by atoms with Gasteiger partial charge < -0.3 is 9.47 Å². The number of ether oxygens (including phenoxy) is 2. The molecule has 0 aliphatic carbocycles. The second kappa shape index (κ2) is 11.8. The third-order valence-electron chi connectivity index (χ3n) is 5.24. The summed E-state index contributed by atoms with van der Waals surface area (Å²) >= 11 is 0. The molecule has 2 aromatic carbocycles. The van der Waals surface area contributed by atoms with Crippen molar-refractivity contribution in [3.8, 4) is 5.75 Å². The number of aryl methyl sites for hydroxylation is 1. The second-order valence-electron chi connectivity index (χ2n) is 7.68. The Kier molecular flexibility index (Phi) is 8.90. The van der Waals surface area contributed by atoms with Gasteiger partial charge in [0.15, 0.2) is 0 Å². The molecule has 0 spiro atoms. The summed E-state index contributed by atoms with van der Waals surface area (Å²) in [5.41, 5.74) is 10.1. The fourth-order valence-electron chi connectivity index (χ4n) is 3.55. The van der Waals surface area contributed by atoms with Crippen LogP contribution < -0.4 is 9.46 Å². The minimum atomic E-state index is -3.62. The van der Waals surface area contributed by atoms with Crippen LogP contribution in [0.4, 0.5) is 0 Å². The summed E-state index contributed by atoms with van der Waals surface area (Å²) in [4.78, 5) is 5.07. The molecule has 1 atom stereocenters. The van der Waals surface area contributed by atoms with Crippen LogP contribution in [-0.4, -0.2) is 58.8 Å². The lowest BCUT2D eigenvalue weighted by molar-refractivity contribution is 0.116. The van der Waals surface area contributed by atoms with E-state index in [-0.39, 0.29) is 10.9 Å². The van der Waals surface area contributed by atoms with Gasteiger partial charge in [-0.2, -0.15) is 0 Å². The van der Waals surface area contributed by atoms with Crippen molar-refractivity contribution in [2.24, 2.45) is 5.11 Å². The number of nitrogens with zero attached hydrogens (tertiary/aromatic N) is 4. The molecule has 0 bridgehead atoms. The zero-order valence-corrected chi connectivity index (χ0v) is 19.0. The Labute approximate surface area is 189 Å². The molecule has 172 valence electrons. The van der Waals surface area contributed by atoms with Crippen LogP contribution in [0, 0.1) is 6.92 Å². The molecule has 0 radical (unpaired) electrons. The maximum Gasteiger partial charge on any atom is 0.240 e. The van der Waals surface area contributed by atoms with E-state index in [4.69, 9.17) is 15.0 Å². The number of nitrogens with one attached hydrogen (secondary N) is 1. The van der Waals surface area contributed by atoms with Crippen molar-refractivity contribution in [2.45, 2.75) is 30.9 Å². The Morgan fingerprint density at radius 2 is 2.03 bits per heavy atom. The normalized spacial score (nSPS) is 16.6. The zero-order valence-electron chi connectivity index (χ0n) is 18.2. The van der Waals surface area contributed by atoms with Gasteiger partial charge in [0.25, 0.3) is 0 Å². The quantitative estimate of drug-likeness (QED) is 0.226. The predicted octanol–water partition coefficient (Wildman–Crippen LogP) is 3.25. The van der Waals surface area contributed by atoms with Crippen LogP contribution in [0.5, 0.6) is 5.75 Å². The standard InChI is InChI=1S/C22H29N5O4S/c1-18-15-21(7-8-22(18)31-17-19-5-3-2-4-6-19)32(28,29)25-20-9-11-27(16-20)12-14-30-13-10-24-26-23/h2-8,15,20,25H,9-14,16-17H2,1H3/t20-/m0/s1. The highest BCUT2D eigenvalue weighted by molar-refractivity contribution is 7.89. The average Bonchev–Trinajstić information content (AvgIpc) is 3.22. The fourth-order valence-corrected chi connectivity index (χ4v) is 4.90. The average molecular weight is 460 g/mol. The van der Waals surface area contributed by atoms with E-state index in [9.17, 15) is 8.42 Å². The van der Waals surface area contributed by atoms with Crippen LogP contribution in [0.1, 0.15) is 17.5 Å². The van der Waals surface area contributed by atoms with E-state index in [0.29, 0.717) is 45.2 Å². The number of hydrogen-bond acceptors (Lipinski definition) is 6. The van der Waals surface area contributed by atoms with E-state index in [0.717, 1.165) is 24.1 Å². The monoisotopic (exact) mass is 459 g/mol. The van der Waals surface area contributed by atoms with E-state index >= 15 is 0 Å². The summed E-state index contributed by atoms with van der Waals surface area (Å²) in [6.45, 7) is 5.64. The lowest BCUT2D eigenvalue weighted by atomic mass is 10.2. The Balaban J connectivity index is 1.48. The van der Waals surface area contributed by atoms with Crippen LogP contribution in [0.15, 0.2) is 58.5 Å². The third-order valence-corrected chi connectivity index (χ3v) is 6.76. The first-order chi connectivity index (χ1) is 15.5. The molecule has 2 aromatic rings. The molecule has 0 amide bonds. The summed E-state index contributed by atoms with van der Waals surface area (Å²) in [7, 11) is -3.62. The van der Waals surface area contributed by atoms with Gasteiger partial charge in [-0.1, -0.05) is 35.4 Å². The van der Waals surface area contributed by atoms with E-state index in [2.05, 4.69) is 19.6 Å². The molecule has 3 rings (SSSR count). The summed E-state index contributed by atoms with van der Waals surface area (Å²) < 4.78 is 39.8.